The molecule has 0 spiro atoms. The summed E-state index contributed by atoms with van der Waals surface area (Å²) in [6, 6.07) is 0. The van der Waals surface area contributed by atoms with Crippen LogP contribution in [0.25, 0.3) is 0 Å². The van der Waals surface area contributed by atoms with Crippen LogP contribution in [-0.4, -0.2) is 34.5 Å². The lowest BCUT2D eigenvalue weighted by Gasteiger charge is -2.27. The van der Waals surface area contributed by atoms with Gasteiger partial charge in [0.2, 0.25) is 17.6 Å². The molecule has 0 aliphatic carbocycles. The molecule has 8 nitrogen and oxygen atoms in total. The van der Waals surface area contributed by atoms with Crippen molar-refractivity contribution in [3.05, 3.63) is 10.1 Å². The molecule has 0 aromatic carbocycles. The van der Waals surface area contributed by atoms with Gasteiger partial charge in [0.25, 0.3) is 0 Å². The zero-order chi connectivity index (χ0) is 15.4. The van der Waals surface area contributed by atoms with E-state index in [-0.39, 0.29) is 11.5 Å². The summed E-state index contributed by atoms with van der Waals surface area (Å²) in [4.78, 5) is 21.0. The molecule has 3 N–H and O–H groups in total. The van der Waals surface area contributed by atoms with Crippen LogP contribution >= 0.6 is 0 Å². The summed E-state index contributed by atoms with van der Waals surface area (Å²) >= 11 is 0. The van der Waals surface area contributed by atoms with Crippen molar-refractivity contribution in [3.63, 3.8) is 0 Å². The highest BCUT2D eigenvalue weighted by Gasteiger charge is 2.28. The molecule has 1 aliphatic heterocycles. The Hall–Kier alpha value is -2.12. The molecule has 0 radical (unpaired) electrons. The third kappa shape index (κ3) is 3.71. The number of hydrogen-bond donors (Lipinski definition) is 2. The van der Waals surface area contributed by atoms with Crippen LogP contribution in [0, 0.1) is 16.0 Å². The molecule has 0 saturated carbocycles. The van der Waals surface area contributed by atoms with E-state index in [0.717, 1.165) is 32.4 Å². The van der Waals surface area contributed by atoms with Gasteiger partial charge in [-0.1, -0.05) is 13.8 Å². The van der Waals surface area contributed by atoms with Gasteiger partial charge in [-0.3, -0.25) is 10.1 Å². The zero-order valence-corrected chi connectivity index (χ0v) is 12.5. The maximum absolute atomic E-state index is 11.3. The smallest absolute Gasteiger partial charge is 0.353 e. The molecule has 1 fully saturated rings. The molecule has 21 heavy (non-hydrogen) atoms. The van der Waals surface area contributed by atoms with Crippen molar-refractivity contribution in [2.45, 2.75) is 33.1 Å². The number of nitrogen functional groups attached to an aromatic ring is 1. The fourth-order valence-corrected chi connectivity index (χ4v) is 2.34. The van der Waals surface area contributed by atoms with Gasteiger partial charge in [0.15, 0.2) is 0 Å². The Bertz CT molecular complexity index is 514. The van der Waals surface area contributed by atoms with Crippen LogP contribution < -0.4 is 16.0 Å². The van der Waals surface area contributed by atoms with Crippen molar-refractivity contribution in [3.8, 4) is 0 Å². The van der Waals surface area contributed by atoms with Gasteiger partial charge in [-0.25, -0.2) is 0 Å². The first kappa shape index (κ1) is 15.3. The Kier molecular flexibility index (Phi) is 4.77. The second-order valence-electron chi connectivity index (χ2n) is 5.68. The van der Waals surface area contributed by atoms with Crippen molar-refractivity contribution in [2.75, 3.05) is 35.6 Å². The number of nitro groups is 1. The quantitative estimate of drug-likeness (QED) is 0.631. The maximum atomic E-state index is 11.3. The molecule has 2 heterocycles. The van der Waals surface area contributed by atoms with E-state index in [0.29, 0.717) is 24.2 Å². The Labute approximate surface area is 123 Å². The monoisotopic (exact) mass is 294 g/mol. The Morgan fingerprint density at radius 1 is 1.33 bits per heavy atom. The molecule has 1 saturated heterocycles. The first-order valence-electron chi connectivity index (χ1n) is 7.29. The fourth-order valence-electron chi connectivity index (χ4n) is 2.34. The number of anilines is 3. The molecule has 1 aromatic rings. The summed E-state index contributed by atoms with van der Waals surface area (Å²) in [5.74, 6) is 1.02. The third-order valence-electron chi connectivity index (χ3n) is 3.40. The van der Waals surface area contributed by atoms with Crippen LogP contribution in [0.3, 0.4) is 0 Å². The van der Waals surface area contributed by atoms with E-state index in [1.165, 1.54) is 0 Å². The standard InChI is InChI=1S/C13H22N6O2/c1-9(2)8-15-13-16-11(14)10(19(20)21)12(17-13)18-6-4-3-5-7-18/h9H,3-8H2,1-2H3,(H3,14,15,16,17). The number of aromatic nitrogens is 2. The van der Waals surface area contributed by atoms with Gasteiger partial charge >= 0.3 is 5.69 Å². The van der Waals surface area contributed by atoms with E-state index >= 15 is 0 Å². The van der Waals surface area contributed by atoms with Crippen LogP contribution in [0.5, 0.6) is 0 Å². The highest BCUT2D eigenvalue weighted by molar-refractivity contribution is 5.71. The second-order valence-corrected chi connectivity index (χ2v) is 5.68. The lowest BCUT2D eigenvalue weighted by Crippen LogP contribution is -2.31. The van der Waals surface area contributed by atoms with Gasteiger partial charge in [-0.15, -0.1) is 0 Å². The van der Waals surface area contributed by atoms with Gasteiger partial charge in [-0.05, 0) is 25.2 Å². The summed E-state index contributed by atoms with van der Waals surface area (Å²) in [6.45, 7) is 6.35. The Balaban J connectivity index is 2.35. The summed E-state index contributed by atoms with van der Waals surface area (Å²) in [5.41, 5.74) is 5.59. The molecular formula is C13H22N6O2. The van der Waals surface area contributed by atoms with Gasteiger partial charge in [-0.2, -0.15) is 9.97 Å². The molecule has 0 bridgehead atoms. The topological polar surface area (TPSA) is 110 Å². The van der Waals surface area contributed by atoms with E-state index in [4.69, 9.17) is 5.73 Å². The number of nitrogens with two attached hydrogens (primary N) is 1. The summed E-state index contributed by atoms with van der Waals surface area (Å²) in [5, 5.41) is 14.3. The number of nitrogens with zero attached hydrogens (tertiary/aromatic N) is 4. The maximum Gasteiger partial charge on any atom is 0.353 e. The molecular weight excluding hydrogens is 272 g/mol. The first-order chi connectivity index (χ1) is 9.99. The number of nitrogens with one attached hydrogen (secondary N) is 1. The highest BCUT2D eigenvalue weighted by Crippen LogP contribution is 2.33. The Morgan fingerprint density at radius 3 is 2.57 bits per heavy atom. The van der Waals surface area contributed by atoms with E-state index in [9.17, 15) is 10.1 Å². The lowest BCUT2D eigenvalue weighted by molar-refractivity contribution is -0.383. The van der Waals surface area contributed by atoms with Crippen LogP contribution in [0.15, 0.2) is 0 Å². The predicted molar refractivity (Wildman–Crippen MR) is 82.5 cm³/mol. The van der Waals surface area contributed by atoms with Gasteiger partial charge < -0.3 is 16.0 Å². The van der Waals surface area contributed by atoms with Crippen LogP contribution in [-0.2, 0) is 0 Å². The van der Waals surface area contributed by atoms with E-state index < -0.39 is 4.92 Å². The van der Waals surface area contributed by atoms with E-state index in [1.54, 1.807) is 0 Å². The summed E-state index contributed by atoms with van der Waals surface area (Å²) < 4.78 is 0. The molecule has 0 atom stereocenters. The normalized spacial score (nSPS) is 15.3. The van der Waals surface area contributed by atoms with Crippen molar-refractivity contribution in [1.82, 2.24) is 9.97 Å². The van der Waals surface area contributed by atoms with Gasteiger partial charge in [0.05, 0.1) is 4.92 Å². The van der Waals surface area contributed by atoms with Crippen LogP contribution in [0.1, 0.15) is 33.1 Å². The van der Waals surface area contributed by atoms with E-state index in [1.807, 2.05) is 4.90 Å². The molecule has 1 aliphatic rings. The fraction of sp³-hybridized carbons (Fsp3) is 0.692. The van der Waals surface area contributed by atoms with Crippen molar-refractivity contribution in [2.24, 2.45) is 5.92 Å². The molecule has 116 valence electrons. The largest absolute Gasteiger partial charge is 0.378 e. The second kappa shape index (κ2) is 6.55. The first-order valence-corrected chi connectivity index (χ1v) is 7.29. The third-order valence-corrected chi connectivity index (χ3v) is 3.40. The van der Waals surface area contributed by atoms with Crippen molar-refractivity contribution >= 4 is 23.3 Å². The SMILES string of the molecule is CC(C)CNc1nc(N)c([N+](=O)[O-])c(N2CCCCC2)n1. The minimum atomic E-state index is -0.495. The summed E-state index contributed by atoms with van der Waals surface area (Å²) in [7, 11) is 0. The Morgan fingerprint density at radius 2 is 2.00 bits per heavy atom. The molecule has 0 unspecified atom stereocenters. The van der Waals surface area contributed by atoms with Crippen molar-refractivity contribution < 1.29 is 4.92 Å². The van der Waals surface area contributed by atoms with Gasteiger partial charge in [0.1, 0.15) is 0 Å². The number of piperidine rings is 1. The lowest BCUT2D eigenvalue weighted by atomic mass is 10.1. The number of rotatable bonds is 5. The summed E-state index contributed by atoms with van der Waals surface area (Å²) in [6.07, 6.45) is 3.16. The average molecular weight is 294 g/mol. The average Bonchev–Trinajstić information content (AvgIpc) is 2.45. The predicted octanol–water partition coefficient (Wildman–Crippen LogP) is 2.03. The zero-order valence-electron chi connectivity index (χ0n) is 12.5. The van der Waals surface area contributed by atoms with Crippen molar-refractivity contribution in [1.29, 1.82) is 0 Å². The van der Waals surface area contributed by atoms with Crippen LogP contribution in [0.4, 0.5) is 23.3 Å². The van der Waals surface area contributed by atoms with E-state index in [2.05, 4.69) is 29.1 Å². The molecule has 0 amide bonds. The van der Waals surface area contributed by atoms with Crippen LogP contribution in [0.2, 0.25) is 0 Å². The number of hydrogen-bond acceptors (Lipinski definition) is 7. The minimum Gasteiger partial charge on any atom is -0.378 e. The highest BCUT2D eigenvalue weighted by atomic mass is 16.6. The van der Waals surface area contributed by atoms with Gasteiger partial charge in [0, 0.05) is 19.6 Å². The molecule has 2 rings (SSSR count). The minimum absolute atomic E-state index is 0.0816. The molecule has 1 aromatic heterocycles. The molecule has 8 heteroatoms.